The predicted molar refractivity (Wildman–Crippen MR) is 128 cm³/mol. The Morgan fingerprint density at radius 2 is 1.58 bits per heavy atom. The highest BCUT2D eigenvalue weighted by atomic mass is 32.2. The number of thioether (sulfide) groups is 1. The van der Waals surface area contributed by atoms with Crippen LogP contribution in [0, 0.1) is 5.92 Å². The van der Waals surface area contributed by atoms with Crippen LogP contribution in [0.1, 0.15) is 18.5 Å². The number of benzene rings is 3. The normalized spacial score (nSPS) is 22.1. The fourth-order valence-corrected chi connectivity index (χ4v) is 4.87. The van der Waals surface area contributed by atoms with Crippen LogP contribution >= 0.6 is 11.8 Å². The highest BCUT2D eigenvalue weighted by Crippen LogP contribution is 2.47. The second-order valence-corrected chi connectivity index (χ2v) is 8.75. The summed E-state index contributed by atoms with van der Waals surface area (Å²) >= 11 is 1.66. The van der Waals surface area contributed by atoms with Crippen LogP contribution in [0.25, 0.3) is 0 Å². The van der Waals surface area contributed by atoms with Gasteiger partial charge in [0.05, 0.1) is 24.0 Å². The first-order valence-corrected chi connectivity index (χ1v) is 12.1. The molecular formula is C26H24N2O4S. The summed E-state index contributed by atoms with van der Waals surface area (Å²) in [4.78, 5) is 35.6. The van der Waals surface area contributed by atoms with Gasteiger partial charge in [-0.3, -0.25) is 14.4 Å². The number of carbonyl (C=O) groups excluding carboxylic acids is 2. The first-order chi connectivity index (χ1) is 16.1. The van der Waals surface area contributed by atoms with Gasteiger partial charge in [-0.2, -0.15) is 0 Å². The van der Waals surface area contributed by atoms with Gasteiger partial charge in [0.2, 0.25) is 5.91 Å². The molecule has 2 aliphatic rings. The van der Waals surface area contributed by atoms with E-state index in [0.717, 1.165) is 16.1 Å². The van der Waals surface area contributed by atoms with E-state index in [1.165, 1.54) is 4.90 Å². The summed E-state index contributed by atoms with van der Waals surface area (Å²) < 4.78 is 5.49. The number of para-hydroxylation sites is 1. The van der Waals surface area contributed by atoms with Crippen molar-refractivity contribution in [3.8, 4) is 5.75 Å². The van der Waals surface area contributed by atoms with Crippen molar-refractivity contribution in [2.45, 2.75) is 24.0 Å². The summed E-state index contributed by atoms with van der Waals surface area (Å²) in [6.45, 7) is 2.45. The minimum atomic E-state index is -0.880. The zero-order chi connectivity index (χ0) is 22.9. The van der Waals surface area contributed by atoms with Crippen molar-refractivity contribution in [1.82, 2.24) is 0 Å². The van der Waals surface area contributed by atoms with Crippen LogP contribution in [0.3, 0.4) is 0 Å². The van der Waals surface area contributed by atoms with Gasteiger partial charge in [0, 0.05) is 4.90 Å². The number of anilines is 2. The standard InChI is InChI=1S/C26H24N2O4S/c1-3-31-20-13-11-18(12-14-20)27-25(29)22-23(17-9-15-21(33-2)16-10-17)28(32-24(22)26(27)30)19-7-5-4-6-8-19/h4-16,22-24H,3H2,1-2H3/t22-,23-,24-/m1/s1. The molecule has 7 heteroatoms. The van der Waals surface area contributed by atoms with Crippen molar-refractivity contribution >= 4 is 35.0 Å². The average molecular weight is 461 g/mol. The molecule has 3 aromatic rings. The van der Waals surface area contributed by atoms with Gasteiger partial charge in [-0.1, -0.05) is 30.3 Å². The minimum Gasteiger partial charge on any atom is -0.494 e. The number of nitrogens with zero attached hydrogens (tertiary/aromatic N) is 2. The summed E-state index contributed by atoms with van der Waals surface area (Å²) in [5, 5.41) is 1.72. The molecule has 3 aromatic carbocycles. The van der Waals surface area contributed by atoms with E-state index >= 15 is 0 Å². The average Bonchev–Trinajstić information content (AvgIpc) is 3.36. The molecule has 0 radical (unpaired) electrons. The third-order valence-corrected chi connectivity index (χ3v) is 6.73. The van der Waals surface area contributed by atoms with Gasteiger partial charge in [-0.15, -0.1) is 11.8 Å². The smallest absolute Gasteiger partial charge is 0.266 e. The Kier molecular flexibility index (Phi) is 5.83. The molecule has 33 heavy (non-hydrogen) atoms. The first-order valence-electron chi connectivity index (χ1n) is 10.9. The van der Waals surface area contributed by atoms with E-state index in [1.54, 1.807) is 41.1 Å². The number of amides is 2. The lowest BCUT2D eigenvalue weighted by atomic mass is 9.90. The van der Waals surface area contributed by atoms with Gasteiger partial charge in [0.25, 0.3) is 5.91 Å². The van der Waals surface area contributed by atoms with Gasteiger partial charge in [0.15, 0.2) is 6.10 Å². The van der Waals surface area contributed by atoms with Crippen LogP contribution in [0.2, 0.25) is 0 Å². The maximum Gasteiger partial charge on any atom is 0.266 e. The predicted octanol–water partition coefficient (Wildman–Crippen LogP) is 4.86. The molecule has 2 saturated heterocycles. The van der Waals surface area contributed by atoms with E-state index in [1.807, 2.05) is 67.8 Å². The van der Waals surface area contributed by atoms with Gasteiger partial charge in [0.1, 0.15) is 11.7 Å². The Morgan fingerprint density at radius 3 is 2.21 bits per heavy atom. The van der Waals surface area contributed by atoms with Crippen molar-refractivity contribution in [3.63, 3.8) is 0 Å². The van der Waals surface area contributed by atoms with Crippen molar-refractivity contribution in [2.24, 2.45) is 5.92 Å². The molecule has 2 heterocycles. The zero-order valence-corrected chi connectivity index (χ0v) is 19.2. The van der Waals surface area contributed by atoms with Crippen LogP contribution in [0.5, 0.6) is 5.75 Å². The molecule has 0 bridgehead atoms. The van der Waals surface area contributed by atoms with E-state index < -0.39 is 18.1 Å². The van der Waals surface area contributed by atoms with Crippen LogP contribution in [-0.2, 0) is 14.4 Å². The summed E-state index contributed by atoms with van der Waals surface area (Å²) in [6, 6.07) is 24.3. The molecule has 3 atom stereocenters. The molecule has 0 spiro atoms. The molecule has 2 amide bonds. The Bertz CT molecular complexity index is 1150. The maximum atomic E-state index is 13.7. The molecule has 0 aliphatic carbocycles. The molecule has 0 saturated carbocycles. The van der Waals surface area contributed by atoms with Crippen molar-refractivity contribution in [1.29, 1.82) is 0 Å². The van der Waals surface area contributed by atoms with Gasteiger partial charge in [-0.05, 0) is 67.3 Å². The Morgan fingerprint density at radius 1 is 0.879 bits per heavy atom. The summed E-state index contributed by atoms with van der Waals surface area (Å²) in [7, 11) is 0. The molecule has 168 valence electrons. The SMILES string of the molecule is CCOc1ccc(N2C(=O)[C@@H]3[C@@H](c4ccc(SC)cc4)N(c4ccccc4)O[C@H]3C2=O)cc1. The van der Waals surface area contributed by atoms with Gasteiger partial charge < -0.3 is 4.74 Å². The van der Waals surface area contributed by atoms with E-state index in [0.29, 0.717) is 18.0 Å². The quantitative estimate of drug-likeness (QED) is 0.387. The van der Waals surface area contributed by atoms with Crippen LogP contribution in [0.15, 0.2) is 83.8 Å². The molecule has 0 N–H and O–H groups in total. The lowest BCUT2D eigenvalue weighted by Gasteiger charge is -2.28. The van der Waals surface area contributed by atoms with E-state index in [2.05, 4.69) is 0 Å². The summed E-state index contributed by atoms with van der Waals surface area (Å²) in [5.41, 5.74) is 2.26. The molecule has 2 fully saturated rings. The third-order valence-electron chi connectivity index (χ3n) is 5.99. The second kappa shape index (κ2) is 8.92. The van der Waals surface area contributed by atoms with Gasteiger partial charge >= 0.3 is 0 Å². The van der Waals surface area contributed by atoms with E-state index in [9.17, 15) is 9.59 Å². The second-order valence-electron chi connectivity index (χ2n) is 7.87. The Balaban J connectivity index is 1.52. The zero-order valence-electron chi connectivity index (χ0n) is 18.4. The Labute approximate surface area is 197 Å². The number of rotatable bonds is 6. The highest BCUT2D eigenvalue weighted by Gasteiger charge is 2.60. The van der Waals surface area contributed by atoms with Gasteiger partial charge in [-0.25, -0.2) is 9.96 Å². The van der Waals surface area contributed by atoms with E-state index in [4.69, 9.17) is 9.57 Å². The summed E-state index contributed by atoms with van der Waals surface area (Å²) in [5.74, 6) is -0.562. The number of imide groups is 1. The highest BCUT2D eigenvalue weighted by molar-refractivity contribution is 7.98. The molecular weight excluding hydrogens is 436 g/mol. The number of hydrogen-bond donors (Lipinski definition) is 0. The number of hydrogen-bond acceptors (Lipinski definition) is 6. The molecule has 6 nitrogen and oxygen atoms in total. The fraction of sp³-hybridized carbons (Fsp3) is 0.231. The lowest BCUT2D eigenvalue weighted by molar-refractivity contribution is -0.126. The van der Waals surface area contributed by atoms with Crippen molar-refractivity contribution < 1.29 is 19.2 Å². The van der Waals surface area contributed by atoms with Crippen LogP contribution in [0.4, 0.5) is 11.4 Å². The monoisotopic (exact) mass is 460 g/mol. The number of fused-ring (bicyclic) bond motifs is 1. The first kappa shape index (κ1) is 21.6. The van der Waals surface area contributed by atoms with Crippen LogP contribution in [-0.4, -0.2) is 30.8 Å². The topological polar surface area (TPSA) is 59.1 Å². The van der Waals surface area contributed by atoms with Crippen molar-refractivity contribution in [3.05, 3.63) is 84.4 Å². The van der Waals surface area contributed by atoms with Crippen molar-refractivity contribution in [2.75, 3.05) is 22.8 Å². The fourth-order valence-electron chi connectivity index (χ4n) is 4.47. The Hall–Kier alpha value is -3.29. The number of carbonyl (C=O) groups is 2. The molecule has 0 unspecified atom stereocenters. The van der Waals surface area contributed by atoms with Crippen LogP contribution < -0.4 is 14.7 Å². The minimum absolute atomic E-state index is 0.258. The number of ether oxygens (including phenoxy) is 1. The largest absolute Gasteiger partial charge is 0.494 e. The molecule has 5 rings (SSSR count). The lowest BCUT2D eigenvalue weighted by Crippen LogP contribution is -2.37. The number of hydroxylamine groups is 1. The third kappa shape index (κ3) is 3.77. The molecule has 0 aromatic heterocycles. The maximum absolute atomic E-state index is 13.7. The molecule has 2 aliphatic heterocycles. The van der Waals surface area contributed by atoms with E-state index in [-0.39, 0.29) is 11.8 Å². The summed E-state index contributed by atoms with van der Waals surface area (Å²) in [6.07, 6.45) is 1.14.